The lowest BCUT2D eigenvalue weighted by molar-refractivity contribution is 0.0983. The third kappa shape index (κ3) is 8.71. The number of carbonyl (C=O) groups is 1. The van der Waals surface area contributed by atoms with Crippen LogP contribution in [0.15, 0.2) is 66.7 Å². The van der Waals surface area contributed by atoms with Crippen molar-refractivity contribution in [2.75, 3.05) is 37.7 Å². The summed E-state index contributed by atoms with van der Waals surface area (Å²) in [5.74, 6) is 8.67. The second-order valence-corrected chi connectivity index (χ2v) is 14.0. The molecule has 0 spiro atoms. The van der Waals surface area contributed by atoms with Gasteiger partial charge < -0.3 is 21.1 Å². The van der Waals surface area contributed by atoms with Crippen LogP contribution in [0.1, 0.15) is 33.5 Å². The molecule has 3 aromatic carbocycles. The molecule has 0 saturated carbocycles. The number of nitrogens with two attached hydrogens (primary N) is 1. The van der Waals surface area contributed by atoms with Crippen LogP contribution in [0.25, 0.3) is 11.3 Å². The fraction of sp³-hybridized carbons (Fsp3) is 0.333. The van der Waals surface area contributed by atoms with Gasteiger partial charge in [-0.1, -0.05) is 65.4 Å². The molecule has 1 aromatic heterocycles. The lowest BCUT2D eigenvalue weighted by Crippen LogP contribution is -2.41. The second kappa shape index (κ2) is 15.6. The first-order valence-electron chi connectivity index (χ1n) is 15.8. The van der Waals surface area contributed by atoms with E-state index >= 15 is 0 Å². The highest BCUT2D eigenvalue weighted by atomic mass is 35.5. The Labute approximate surface area is 290 Å². The number of nitrogens with zero attached hydrogens (tertiary/aromatic N) is 4. The van der Waals surface area contributed by atoms with Crippen LogP contribution in [0.2, 0.25) is 10.0 Å². The fourth-order valence-electron chi connectivity index (χ4n) is 5.97. The van der Waals surface area contributed by atoms with E-state index < -0.39 is 12.1 Å². The van der Waals surface area contributed by atoms with Crippen molar-refractivity contribution in [2.45, 2.75) is 38.7 Å². The van der Waals surface area contributed by atoms with Gasteiger partial charge in [0.1, 0.15) is 0 Å². The van der Waals surface area contributed by atoms with Crippen LogP contribution in [0.5, 0.6) is 0 Å². The van der Waals surface area contributed by atoms with Gasteiger partial charge in [0.2, 0.25) is 0 Å². The molecular weight excluding hydrogens is 651 g/mol. The summed E-state index contributed by atoms with van der Waals surface area (Å²) in [6, 6.07) is 21.2. The molecule has 0 unspecified atom stereocenters. The van der Waals surface area contributed by atoms with Crippen molar-refractivity contribution in [3.63, 3.8) is 0 Å². The van der Waals surface area contributed by atoms with Gasteiger partial charge in [0.15, 0.2) is 0 Å². The van der Waals surface area contributed by atoms with Crippen LogP contribution in [0, 0.1) is 11.8 Å². The molecule has 2 amide bonds. The number of β-amino-alcohol motifs (C(OH)–C–C–N with tert-alkyl or cyclic N) is 1. The van der Waals surface area contributed by atoms with Crippen molar-refractivity contribution in [2.24, 2.45) is 5.73 Å². The molecule has 6 rings (SSSR count). The van der Waals surface area contributed by atoms with E-state index in [9.17, 15) is 9.90 Å². The third-order valence-corrected chi connectivity index (χ3v) is 10.0. The molecule has 2 aliphatic rings. The van der Waals surface area contributed by atoms with Crippen LogP contribution in [0.3, 0.4) is 0 Å². The summed E-state index contributed by atoms with van der Waals surface area (Å²) in [6.07, 6.45) is 0.0621. The summed E-state index contributed by atoms with van der Waals surface area (Å²) < 4.78 is 1.91. The number of nitrogens with one attached hydrogen (secondary N) is 1. The van der Waals surface area contributed by atoms with Crippen LogP contribution in [0.4, 0.5) is 4.79 Å². The van der Waals surface area contributed by atoms with E-state index in [1.165, 1.54) is 5.56 Å². The van der Waals surface area contributed by atoms with Crippen LogP contribution < -0.4 is 11.1 Å². The van der Waals surface area contributed by atoms with Gasteiger partial charge >= 0.3 is 6.03 Å². The molecule has 1 fully saturated rings. The lowest BCUT2D eigenvalue weighted by atomic mass is 9.99. The number of primary amides is 1. The molecule has 8 nitrogen and oxygen atoms in total. The van der Waals surface area contributed by atoms with Crippen molar-refractivity contribution >= 4 is 41.0 Å². The number of aliphatic hydroxyl groups excluding tert-OH is 1. The number of benzene rings is 3. The van der Waals surface area contributed by atoms with E-state index in [4.69, 9.17) is 34.0 Å². The maximum absolute atomic E-state index is 12.1. The highest BCUT2D eigenvalue weighted by molar-refractivity contribution is 7.99. The molecule has 244 valence electrons. The van der Waals surface area contributed by atoms with Crippen molar-refractivity contribution < 1.29 is 9.90 Å². The summed E-state index contributed by atoms with van der Waals surface area (Å²) in [6.45, 7) is 5.34. The fourth-order valence-corrected chi connectivity index (χ4v) is 7.24. The van der Waals surface area contributed by atoms with Gasteiger partial charge in [-0.2, -0.15) is 16.9 Å². The first-order chi connectivity index (χ1) is 22.8. The molecule has 1 atom stereocenters. The number of aliphatic hydroxyl groups is 1. The van der Waals surface area contributed by atoms with Crippen molar-refractivity contribution in [3.05, 3.63) is 110 Å². The minimum atomic E-state index is -0.554. The second-order valence-electron chi connectivity index (χ2n) is 11.9. The van der Waals surface area contributed by atoms with E-state index in [0.717, 1.165) is 76.3 Å². The molecule has 4 N–H and O–H groups in total. The van der Waals surface area contributed by atoms with Gasteiger partial charge in [-0.3, -0.25) is 9.58 Å². The zero-order valence-electron chi connectivity index (χ0n) is 26.1. The number of aromatic nitrogens is 2. The predicted molar refractivity (Wildman–Crippen MR) is 191 cm³/mol. The third-order valence-electron chi connectivity index (χ3n) is 8.51. The monoisotopic (exact) mass is 688 g/mol. The number of urea groups is 1. The maximum Gasteiger partial charge on any atom is 0.315 e. The molecule has 0 bridgehead atoms. The Balaban J connectivity index is 1.18. The molecule has 2 aliphatic heterocycles. The first-order valence-corrected chi connectivity index (χ1v) is 17.7. The highest BCUT2D eigenvalue weighted by Gasteiger charge is 2.28. The molecule has 47 heavy (non-hydrogen) atoms. The largest absolute Gasteiger partial charge is 0.390 e. The molecular formula is C36H38Cl2N6O2S. The summed E-state index contributed by atoms with van der Waals surface area (Å²) in [4.78, 5) is 16.1. The standard InChI is InChI=1S/C36H38Cl2N6O2S/c37-30-10-6-27(7-11-30)21-40-20-26-3-1-25(2-4-26)5-8-28-19-29(9-12-33(28)38)35-32-24-43(36(39)46)14-13-34(32)44(41-35)23-31(45)22-42-15-17-47-18-16-42/h1-4,6-7,9-12,19,31,40,45H,13-18,20-24H2,(H2,39,46)/t31-/m0/s1. The van der Waals surface area contributed by atoms with Gasteiger partial charge in [-0.15, -0.1) is 0 Å². The number of rotatable bonds is 9. The van der Waals surface area contributed by atoms with Gasteiger partial charge in [0.25, 0.3) is 0 Å². The van der Waals surface area contributed by atoms with Gasteiger partial charge in [-0.25, -0.2) is 4.79 Å². The minimum absolute atomic E-state index is 0.365. The zero-order chi connectivity index (χ0) is 32.8. The number of carbonyl (C=O) groups excluding carboxylic acids is 1. The van der Waals surface area contributed by atoms with Gasteiger partial charge in [0.05, 0.1) is 29.9 Å². The van der Waals surface area contributed by atoms with Gasteiger partial charge in [0, 0.05) is 90.2 Å². The SMILES string of the molecule is NC(=O)N1CCc2c(c(-c3ccc(Cl)c(C#Cc4ccc(CNCc5ccc(Cl)cc5)cc4)c3)nn2C[C@@H](O)CN2CCSCC2)C1. The summed E-state index contributed by atoms with van der Waals surface area (Å²) >= 11 is 14.5. The number of halogens is 2. The lowest BCUT2D eigenvalue weighted by Gasteiger charge is -2.29. The van der Waals surface area contributed by atoms with E-state index in [-0.39, 0.29) is 0 Å². The molecule has 4 aromatic rings. The Morgan fingerprint density at radius 1 is 0.957 bits per heavy atom. The smallest absolute Gasteiger partial charge is 0.315 e. The Morgan fingerprint density at radius 2 is 1.66 bits per heavy atom. The first kappa shape index (κ1) is 33.4. The van der Waals surface area contributed by atoms with E-state index in [2.05, 4.69) is 34.2 Å². The summed E-state index contributed by atoms with van der Waals surface area (Å²) in [7, 11) is 0. The van der Waals surface area contributed by atoms with Crippen LogP contribution in [-0.2, 0) is 32.6 Å². The molecule has 1 saturated heterocycles. The molecule has 0 aliphatic carbocycles. The Kier molecular flexibility index (Phi) is 11.1. The number of hydrogen-bond acceptors (Lipinski definition) is 6. The summed E-state index contributed by atoms with van der Waals surface area (Å²) in [5.41, 5.74) is 13.2. The van der Waals surface area contributed by atoms with Crippen molar-refractivity contribution in [3.8, 4) is 23.1 Å². The molecule has 11 heteroatoms. The number of fused-ring (bicyclic) bond motifs is 1. The van der Waals surface area contributed by atoms with Crippen LogP contribution in [-0.4, -0.2) is 74.5 Å². The molecule has 0 radical (unpaired) electrons. The predicted octanol–water partition coefficient (Wildman–Crippen LogP) is 5.39. The number of hydrogen-bond donors (Lipinski definition) is 3. The Morgan fingerprint density at radius 3 is 2.36 bits per heavy atom. The zero-order valence-corrected chi connectivity index (χ0v) is 28.4. The van der Waals surface area contributed by atoms with E-state index in [1.807, 2.05) is 71.0 Å². The topological polar surface area (TPSA) is 99.7 Å². The average molecular weight is 690 g/mol. The molecule has 3 heterocycles. The highest BCUT2D eigenvalue weighted by Crippen LogP contribution is 2.32. The quantitative estimate of drug-likeness (QED) is 0.204. The van der Waals surface area contributed by atoms with Crippen molar-refractivity contribution in [1.82, 2.24) is 24.9 Å². The number of thioether (sulfide) groups is 1. The minimum Gasteiger partial charge on any atom is -0.390 e. The van der Waals surface area contributed by atoms with Gasteiger partial charge in [-0.05, 0) is 47.5 Å². The average Bonchev–Trinajstić information content (AvgIpc) is 3.43. The van der Waals surface area contributed by atoms with Crippen LogP contribution >= 0.6 is 35.0 Å². The van der Waals surface area contributed by atoms with E-state index in [0.29, 0.717) is 43.2 Å². The summed E-state index contributed by atoms with van der Waals surface area (Å²) in [5, 5.41) is 20.7. The number of amides is 2. The Hall–Kier alpha value is -3.49. The van der Waals surface area contributed by atoms with Crippen molar-refractivity contribution in [1.29, 1.82) is 0 Å². The normalized spacial score (nSPS) is 15.5. The maximum atomic E-state index is 12.1. The Bertz CT molecular complexity index is 1760. The van der Waals surface area contributed by atoms with E-state index in [1.54, 1.807) is 4.90 Å².